The van der Waals surface area contributed by atoms with Crippen LogP contribution in [0.2, 0.25) is 0 Å². The monoisotopic (exact) mass is 212 g/mol. The summed E-state index contributed by atoms with van der Waals surface area (Å²) in [7, 11) is 0. The van der Waals surface area contributed by atoms with Crippen LogP contribution in [0.15, 0.2) is 12.7 Å². The minimum Gasteiger partial charge on any atom is -0.389 e. The van der Waals surface area contributed by atoms with Gasteiger partial charge in [-0.1, -0.05) is 0 Å². The lowest BCUT2D eigenvalue weighted by atomic mass is 9.97. The number of hydrogen-bond acceptors (Lipinski definition) is 6. The molecule has 3 N–H and O–H groups in total. The molecule has 3 rings (SSSR count). The highest BCUT2D eigenvalue weighted by molar-refractivity contribution is 4.97. The van der Waals surface area contributed by atoms with Crippen molar-refractivity contribution in [2.75, 3.05) is 6.61 Å². The van der Waals surface area contributed by atoms with Gasteiger partial charge in [0.1, 0.15) is 24.8 Å². The summed E-state index contributed by atoms with van der Waals surface area (Å²) >= 11 is 0. The fourth-order valence-corrected chi connectivity index (χ4v) is 2.08. The van der Waals surface area contributed by atoms with Gasteiger partial charge in [-0.05, 0) is 0 Å². The Morgan fingerprint density at radius 3 is 3.13 bits per heavy atom. The molecule has 82 valence electrons. The normalized spacial score (nSPS) is 44.5. The highest BCUT2D eigenvalue weighted by Gasteiger charge is 2.49. The largest absolute Gasteiger partial charge is 0.389 e. The van der Waals surface area contributed by atoms with Gasteiger partial charge in [-0.25, -0.2) is 9.67 Å². The third kappa shape index (κ3) is 1.28. The molecule has 1 aromatic rings. The Balaban J connectivity index is 1.93. The zero-order chi connectivity index (χ0) is 10.4. The molecule has 0 aromatic carbocycles. The molecule has 0 saturated carbocycles. The SMILES string of the molecule is N[C@H]1[C@H](O)[C@@H](n2cncn2)[C@@H]2OC[C@H]1O2. The van der Waals surface area contributed by atoms with Crippen LogP contribution in [0, 0.1) is 0 Å². The van der Waals surface area contributed by atoms with Gasteiger partial charge in [-0.3, -0.25) is 0 Å². The van der Waals surface area contributed by atoms with E-state index in [2.05, 4.69) is 10.1 Å². The van der Waals surface area contributed by atoms with Crippen molar-refractivity contribution in [3.8, 4) is 0 Å². The van der Waals surface area contributed by atoms with E-state index < -0.39 is 24.5 Å². The lowest BCUT2D eigenvalue weighted by molar-refractivity contribution is -0.163. The van der Waals surface area contributed by atoms with Gasteiger partial charge < -0.3 is 20.3 Å². The Kier molecular flexibility index (Phi) is 1.99. The first kappa shape index (κ1) is 9.22. The second-order valence-electron chi connectivity index (χ2n) is 3.81. The average molecular weight is 212 g/mol. The molecular weight excluding hydrogens is 200 g/mol. The first-order valence-electron chi connectivity index (χ1n) is 4.82. The molecule has 7 nitrogen and oxygen atoms in total. The van der Waals surface area contributed by atoms with E-state index in [1.165, 1.54) is 17.3 Å². The van der Waals surface area contributed by atoms with Crippen LogP contribution in [0.25, 0.3) is 0 Å². The maximum absolute atomic E-state index is 10.0. The van der Waals surface area contributed by atoms with E-state index in [0.717, 1.165) is 0 Å². The van der Waals surface area contributed by atoms with Crippen molar-refractivity contribution < 1.29 is 14.6 Å². The van der Waals surface area contributed by atoms with Crippen LogP contribution < -0.4 is 5.73 Å². The summed E-state index contributed by atoms with van der Waals surface area (Å²) in [4.78, 5) is 3.83. The summed E-state index contributed by atoms with van der Waals surface area (Å²) in [5, 5.41) is 14.0. The predicted octanol–water partition coefficient (Wildman–Crippen LogP) is -1.74. The first-order valence-corrected chi connectivity index (χ1v) is 4.82. The molecular formula is C8H12N4O3. The molecule has 0 aliphatic carbocycles. The smallest absolute Gasteiger partial charge is 0.183 e. The molecule has 3 heterocycles. The van der Waals surface area contributed by atoms with Crippen LogP contribution >= 0.6 is 0 Å². The maximum Gasteiger partial charge on any atom is 0.183 e. The topological polar surface area (TPSA) is 95.4 Å². The third-order valence-electron chi connectivity index (χ3n) is 2.93. The van der Waals surface area contributed by atoms with Crippen molar-refractivity contribution in [3.05, 3.63) is 12.7 Å². The van der Waals surface area contributed by atoms with Gasteiger partial charge in [-0.15, -0.1) is 0 Å². The summed E-state index contributed by atoms with van der Waals surface area (Å²) in [6.07, 6.45) is 1.50. The molecule has 2 fully saturated rings. The van der Waals surface area contributed by atoms with E-state index in [1.807, 2.05) is 0 Å². The molecule has 2 aliphatic rings. The van der Waals surface area contributed by atoms with Crippen molar-refractivity contribution in [2.45, 2.75) is 30.6 Å². The fraction of sp³-hybridized carbons (Fsp3) is 0.750. The van der Waals surface area contributed by atoms with E-state index in [0.29, 0.717) is 6.61 Å². The highest BCUT2D eigenvalue weighted by Crippen LogP contribution is 2.33. The summed E-state index contributed by atoms with van der Waals surface area (Å²) in [5.41, 5.74) is 5.84. The summed E-state index contributed by atoms with van der Waals surface area (Å²) in [5.74, 6) is 0. The van der Waals surface area contributed by atoms with Gasteiger partial charge >= 0.3 is 0 Å². The standard InChI is InChI=1S/C8H12N4O3/c9-5-4-1-14-8(15-4)6(7(5)13)12-3-10-2-11-12/h2-8,13H,1,9H2/t4-,5-,6-,7+,8-/m1/s1. The molecule has 0 unspecified atom stereocenters. The van der Waals surface area contributed by atoms with E-state index in [1.54, 1.807) is 0 Å². The molecule has 7 heteroatoms. The van der Waals surface area contributed by atoms with Crippen LogP contribution in [0.3, 0.4) is 0 Å². The molecule has 0 spiro atoms. The summed E-state index contributed by atoms with van der Waals surface area (Å²) in [6, 6.07) is -0.862. The third-order valence-corrected chi connectivity index (χ3v) is 2.93. The second kappa shape index (κ2) is 3.24. The maximum atomic E-state index is 10.0. The summed E-state index contributed by atoms with van der Waals surface area (Å²) in [6.45, 7) is 0.425. The van der Waals surface area contributed by atoms with E-state index >= 15 is 0 Å². The molecule has 2 bridgehead atoms. The quantitative estimate of drug-likeness (QED) is 0.574. The van der Waals surface area contributed by atoms with Gasteiger partial charge in [0.2, 0.25) is 0 Å². The van der Waals surface area contributed by atoms with E-state index in [9.17, 15) is 5.11 Å². The minimum atomic E-state index is -0.724. The molecule has 0 radical (unpaired) electrons. The van der Waals surface area contributed by atoms with Crippen molar-refractivity contribution >= 4 is 0 Å². The Labute approximate surface area is 85.8 Å². The Hall–Kier alpha value is -1.02. The van der Waals surface area contributed by atoms with Gasteiger partial charge in [0.25, 0.3) is 0 Å². The molecule has 2 aliphatic heterocycles. The van der Waals surface area contributed by atoms with Crippen LogP contribution in [-0.2, 0) is 9.47 Å². The van der Waals surface area contributed by atoms with Gasteiger partial charge in [-0.2, -0.15) is 5.10 Å². The van der Waals surface area contributed by atoms with Crippen molar-refractivity contribution in [2.24, 2.45) is 5.73 Å². The number of aliphatic hydroxyl groups is 1. The Morgan fingerprint density at radius 2 is 2.40 bits per heavy atom. The van der Waals surface area contributed by atoms with E-state index in [-0.39, 0.29) is 6.10 Å². The van der Waals surface area contributed by atoms with Crippen molar-refractivity contribution in [3.63, 3.8) is 0 Å². The van der Waals surface area contributed by atoms with Crippen molar-refractivity contribution in [1.29, 1.82) is 0 Å². The number of nitrogens with two attached hydrogens (primary N) is 1. The lowest BCUT2D eigenvalue weighted by Gasteiger charge is -2.35. The molecule has 0 amide bonds. The van der Waals surface area contributed by atoms with Crippen LogP contribution in [0.1, 0.15) is 6.04 Å². The zero-order valence-corrected chi connectivity index (χ0v) is 7.93. The number of nitrogens with zero attached hydrogens (tertiary/aromatic N) is 3. The first-order chi connectivity index (χ1) is 7.27. The van der Waals surface area contributed by atoms with Crippen LogP contribution in [0.4, 0.5) is 0 Å². The Bertz CT molecular complexity index is 344. The number of ether oxygens (including phenoxy) is 2. The predicted molar refractivity (Wildman–Crippen MR) is 47.7 cm³/mol. The van der Waals surface area contributed by atoms with Gasteiger partial charge in [0.05, 0.1) is 18.8 Å². The number of aromatic nitrogens is 3. The number of aliphatic hydroxyl groups excluding tert-OH is 1. The number of hydrogen-bond donors (Lipinski definition) is 2. The van der Waals surface area contributed by atoms with Crippen LogP contribution in [0.5, 0.6) is 0 Å². The Morgan fingerprint density at radius 1 is 1.53 bits per heavy atom. The lowest BCUT2D eigenvalue weighted by Crippen LogP contribution is -2.55. The highest BCUT2D eigenvalue weighted by atomic mass is 16.7. The fourth-order valence-electron chi connectivity index (χ4n) is 2.08. The van der Waals surface area contributed by atoms with Crippen molar-refractivity contribution in [1.82, 2.24) is 14.8 Å². The average Bonchev–Trinajstić information content (AvgIpc) is 2.85. The minimum absolute atomic E-state index is 0.218. The zero-order valence-electron chi connectivity index (χ0n) is 7.93. The summed E-state index contributed by atoms with van der Waals surface area (Å²) < 4.78 is 12.4. The number of rotatable bonds is 1. The molecule has 15 heavy (non-hydrogen) atoms. The van der Waals surface area contributed by atoms with Gasteiger partial charge in [0.15, 0.2) is 6.29 Å². The van der Waals surface area contributed by atoms with E-state index in [4.69, 9.17) is 15.2 Å². The molecule has 5 atom stereocenters. The van der Waals surface area contributed by atoms with Gasteiger partial charge in [0, 0.05) is 0 Å². The second-order valence-corrected chi connectivity index (χ2v) is 3.81. The molecule has 1 aromatic heterocycles. The van der Waals surface area contributed by atoms with Crippen LogP contribution in [-0.4, -0.2) is 51.0 Å². The number of fused-ring (bicyclic) bond motifs is 2. The molecule has 2 saturated heterocycles.